The van der Waals surface area contributed by atoms with Crippen LogP contribution in [-0.4, -0.2) is 37.1 Å². The second kappa shape index (κ2) is 8.10. The third-order valence-electron chi connectivity index (χ3n) is 1.97. The molecule has 2 nitrogen and oxygen atoms in total. The predicted octanol–water partition coefficient (Wildman–Crippen LogP) is 1.33. The molecular weight excluding hydrogens is 160 g/mol. The molecule has 0 spiro atoms. The summed E-state index contributed by atoms with van der Waals surface area (Å²) in [7, 11) is 0. The fourth-order valence-electron chi connectivity index (χ4n) is 1.17. The normalized spacial score (nSPS) is 10.8. The molecule has 0 aliphatic heterocycles. The first kappa shape index (κ1) is 12.5. The molecule has 0 heterocycles. The highest BCUT2D eigenvalue weighted by Crippen LogP contribution is 1.89. The monoisotopic (exact) mass is 182 g/mol. The molecule has 76 valence electrons. The lowest BCUT2D eigenvalue weighted by atomic mass is 10.3. The van der Waals surface area contributed by atoms with E-state index in [1.807, 2.05) is 0 Å². The fraction of sp³-hybridized carbons (Fsp3) is 0.818. The first-order chi connectivity index (χ1) is 6.20. The molecule has 0 aliphatic rings. The van der Waals surface area contributed by atoms with Gasteiger partial charge in [-0.25, -0.2) is 0 Å². The van der Waals surface area contributed by atoms with Crippen LogP contribution in [-0.2, 0) is 0 Å². The van der Waals surface area contributed by atoms with Gasteiger partial charge in [0.1, 0.15) is 0 Å². The van der Waals surface area contributed by atoms with Crippen molar-refractivity contribution in [3.05, 3.63) is 0 Å². The number of rotatable bonds is 7. The molecule has 0 fully saturated rings. The van der Waals surface area contributed by atoms with Crippen molar-refractivity contribution in [2.24, 2.45) is 0 Å². The van der Waals surface area contributed by atoms with Crippen LogP contribution < -0.4 is 5.32 Å². The topological polar surface area (TPSA) is 15.3 Å². The molecule has 1 N–H and O–H groups in total. The van der Waals surface area contributed by atoms with E-state index in [4.69, 9.17) is 6.42 Å². The SMILES string of the molecule is C#CCN(CC)CCCNC(C)C. The van der Waals surface area contributed by atoms with E-state index >= 15 is 0 Å². The summed E-state index contributed by atoms with van der Waals surface area (Å²) in [6.07, 6.45) is 6.42. The molecule has 0 atom stereocenters. The Morgan fingerprint density at radius 1 is 1.46 bits per heavy atom. The molecule has 0 bridgehead atoms. The van der Waals surface area contributed by atoms with Gasteiger partial charge < -0.3 is 5.32 Å². The molecule has 0 radical (unpaired) electrons. The average Bonchev–Trinajstić information content (AvgIpc) is 2.10. The van der Waals surface area contributed by atoms with E-state index in [9.17, 15) is 0 Å². The standard InChI is InChI=1S/C11H22N2/c1-5-9-13(6-2)10-7-8-12-11(3)4/h1,11-12H,6-10H2,2-4H3. The van der Waals surface area contributed by atoms with Gasteiger partial charge in [0.25, 0.3) is 0 Å². The van der Waals surface area contributed by atoms with Gasteiger partial charge in [-0.1, -0.05) is 26.7 Å². The fourth-order valence-corrected chi connectivity index (χ4v) is 1.17. The molecule has 0 rings (SSSR count). The smallest absolute Gasteiger partial charge is 0.0598 e. The number of terminal acetylenes is 1. The van der Waals surface area contributed by atoms with Crippen LogP contribution in [0.2, 0.25) is 0 Å². The van der Waals surface area contributed by atoms with Gasteiger partial charge in [-0.15, -0.1) is 6.42 Å². The predicted molar refractivity (Wildman–Crippen MR) is 58.7 cm³/mol. The van der Waals surface area contributed by atoms with Gasteiger partial charge in [0, 0.05) is 12.6 Å². The summed E-state index contributed by atoms with van der Waals surface area (Å²) in [6.45, 7) is 10.5. The maximum atomic E-state index is 5.25. The van der Waals surface area contributed by atoms with Crippen LogP contribution in [0.1, 0.15) is 27.2 Å². The molecule has 0 saturated carbocycles. The summed E-state index contributed by atoms with van der Waals surface area (Å²) in [5.41, 5.74) is 0. The Morgan fingerprint density at radius 3 is 2.62 bits per heavy atom. The van der Waals surface area contributed by atoms with Crippen molar-refractivity contribution in [2.75, 3.05) is 26.2 Å². The van der Waals surface area contributed by atoms with Crippen molar-refractivity contribution in [3.63, 3.8) is 0 Å². The molecule has 0 aromatic heterocycles. The van der Waals surface area contributed by atoms with Crippen molar-refractivity contribution in [3.8, 4) is 12.3 Å². The molecule has 0 unspecified atom stereocenters. The highest BCUT2D eigenvalue weighted by molar-refractivity contribution is 4.87. The number of hydrogen-bond donors (Lipinski definition) is 1. The number of nitrogens with one attached hydrogen (secondary N) is 1. The zero-order chi connectivity index (χ0) is 10.1. The summed E-state index contributed by atoms with van der Waals surface area (Å²) in [6, 6.07) is 0.586. The minimum atomic E-state index is 0.586. The van der Waals surface area contributed by atoms with Crippen LogP contribution in [0, 0.1) is 12.3 Å². The summed E-state index contributed by atoms with van der Waals surface area (Å²) >= 11 is 0. The Hall–Kier alpha value is -0.520. The van der Waals surface area contributed by atoms with E-state index < -0.39 is 0 Å². The molecule has 13 heavy (non-hydrogen) atoms. The largest absolute Gasteiger partial charge is 0.314 e. The zero-order valence-corrected chi connectivity index (χ0v) is 9.14. The molecule has 2 heteroatoms. The molecule has 0 aliphatic carbocycles. The Morgan fingerprint density at radius 2 is 2.15 bits per heavy atom. The van der Waals surface area contributed by atoms with E-state index in [1.54, 1.807) is 0 Å². The molecule has 0 saturated heterocycles. The van der Waals surface area contributed by atoms with Crippen molar-refractivity contribution < 1.29 is 0 Å². The maximum absolute atomic E-state index is 5.25. The van der Waals surface area contributed by atoms with E-state index in [-0.39, 0.29) is 0 Å². The highest BCUT2D eigenvalue weighted by Gasteiger charge is 1.99. The van der Waals surface area contributed by atoms with Crippen LogP contribution >= 0.6 is 0 Å². The minimum absolute atomic E-state index is 0.586. The Bertz CT molecular complexity index is 147. The van der Waals surface area contributed by atoms with Gasteiger partial charge in [0.2, 0.25) is 0 Å². The minimum Gasteiger partial charge on any atom is -0.314 e. The van der Waals surface area contributed by atoms with E-state index in [1.165, 1.54) is 6.42 Å². The second-order valence-corrected chi connectivity index (χ2v) is 3.54. The summed E-state index contributed by atoms with van der Waals surface area (Å²) < 4.78 is 0. The van der Waals surface area contributed by atoms with Crippen LogP contribution in [0.5, 0.6) is 0 Å². The zero-order valence-electron chi connectivity index (χ0n) is 9.14. The molecule has 0 aromatic carbocycles. The number of nitrogens with zero attached hydrogens (tertiary/aromatic N) is 1. The van der Waals surface area contributed by atoms with Crippen LogP contribution in [0.15, 0.2) is 0 Å². The van der Waals surface area contributed by atoms with Gasteiger partial charge in [-0.2, -0.15) is 0 Å². The van der Waals surface area contributed by atoms with Crippen LogP contribution in [0.4, 0.5) is 0 Å². The van der Waals surface area contributed by atoms with E-state index in [0.717, 1.165) is 26.2 Å². The lowest BCUT2D eigenvalue weighted by Crippen LogP contribution is -2.30. The third-order valence-corrected chi connectivity index (χ3v) is 1.97. The first-order valence-electron chi connectivity index (χ1n) is 5.09. The van der Waals surface area contributed by atoms with Crippen molar-refractivity contribution >= 4 is 0 Å². The summed E-state index contributed by atoms with van der Waals surface area (Å²) in [5.74, 6) is 2.67. The lowest BCUT2D eigenvalue weighted by molar-refractivity contribution is 0.315. The van der Waals surface area contributed by atoms with Gasteiger partial charge in [-0.05, 0) is 19.5 Å². The Labute approximate surface area is 82.7 Å². The molecule has 0 aromatic rings. The van der Waals surface area contributed by atoms with Crippen molar-refractivity contribution in [1.29, 1.82) is 0 Å². The van der Waals surface area contributed by atoms with E-state index in [2.05, 4.69) is 36.9 Å². The number of hydrogen-bond acceptors (Lipinski definition) is 2. The second-order valence-electron chi connectivity index (χ2n) is 3.54. The van der Waals surface area contributed by atoms with Crippen molar-refractivity contribution in [2.45, 2.75) is 33.2 Å². The van der Waals surface area contributed by atoms with E-state index in [0.29, 0.717) is 6.04 Å². The van der Waals surface area contributed by atoms with Crippen molar-refractivity contribution in [1.82, 2.24) is 10.2 Å². The molecule has 0 amide bonds. The quantitative estimate of drug-likeness (QED) is 0.472. The summed E-state index contributed by atoms with van der Waals surface area (Å²) in [4.78, 5) is 2.28. The van der Waals surface area contributed by atoms with Crippen LogP contribution in [0.25, 0.3) is 0 Å². The summed E-state index contributed by atoms with van der Waals surface area (Å²) in [5, 5.41) is 3.39. The van der Waals surface area contributed by atoms with Gasteiger partial charge >= 0.3 is 0 Å². The Balaban J connectivity index is 3.34. The van der Waals surface area contributed by atoms with Gasteiger partial charge in [0.15, 0.2) is 0 Å². The van der Waals surface area contributed by atoms with Crippen LogP contribution in [0.3, 0.4) is 0 Å². The highest BCUT2D eigenvalue weighted by atomic mass is 15.1. The average molecular weight is 182 g/mol. The van der Waals surface area contributed by atoms with Gasteiger partial charge in [-0.3, -0.25) is 4.90 Å². The maximum Gasteiger partial charge on any atom is 0.0598 e. The Kier molecular flexibility index (Phi) is 7.77. The third kappa shape index (κ3) is 7.83. The van der Waals surface area contributed by atoms with Gasteiger partial charge in [0.05, 0.1) is 6.54 Å². The first-order valence-corrected chi connectivity index (χ1v) is 5.09. The lowest BCUT2D eigenvalue weighted by Gasteiger charge is -2.17. The molecular formula is C11H22N2.